The molecule has 0 unspecified atom stereocenters. The molecule has 0 spiro atoms. The fourth-order valence-corrected chi connectivity index (χ4v) is 4.18. The molecule has 1 aromatic carbocycles. The number of hydrogen-bond acceptors (Lipinski definition) is 4. The molecular formula is C24H22ClF3N4O2. The molecule has 6 nitrogen and oxygen atoms in total. The second-order valence-corrected chi connectivity index (χ2v) is 8.55. The molecule has 1 aliphatic rings. The highest BCUT2D eigenvalue weighted by Gasteiger charge is 2.33. The summed E-state index contributed by atoms with van der Waals surface area (Å²) in [6, 6.07) is 13.2. The van der Waals surface area contributed by atoms with E-state index in [0.29, 0.717) is 44.0 Å². The molecule has 1 saturated heterocycles. The summed E-state index contributed by atoms with van der Waals surface area (Å²) in [5.41, 5.74) is 0.612. The monoisotopic (exact) mass is 490 g/mol. The van der Waals surface area contributed by atoms with E-state index in [1.807, 2.05) is 12.1 Å². The molecule has 1 N–H and O–H groups in total. The number of carbonyl (C=O) groups is 1. The first-order valence-corrected chi connectivity index (χ1v) is 11.1. The number of halogens is 4. The standard InChI is InChI=1S/C24H22ClF3N4O2/c25-20-13-18(24(26,27)28)14-29-22(20)31-11-8-17(9-12-31)23(34)30-19-6-4-16(5-7-19)15-32-10-2-1-3-21(32)33/h1-7,10,13-14,17H,8-9,11-12,15H2,(H,30,34). The van der Waals surface area contributed by atoms with Gasteiger partial charge in [0.2, 0.25) is 5.91 Å². The number of nitrogens with zero attached hydrogens (tertiary/aromatic N) is 3. The Kier molecular flexibility index (Phi) is 6.92. The van der Waals surface area contributed by atoms with Gasteiger partial charge < -0.3 is 14.8 Å². The fourth-order valence-electron chi connectivity index (χ4n) is 3.90. The summed E-state index contributed by atoms with van der Waals surface area (Å²) in [6.45, 7) is 1.36. The normalized spacial score (nSPS) is 14.8. The summed E-state index contributed by atoms with van der Waals surface area (Å²) in [5, 5.41) is 2.85. The lowest BCUT2D eigenvalue weighted by molar-refractivity contribution is -0.137. The molecule has 0 aliphatic carbocycles. The minimum Gasteiger partial charge on any atom is -0.355 e. The molecule has 1 amide bonds. The minimum atomic E-state index is -4.50. The third-order valence-electron chi connectivity index (χ3n) is 5.79. The molecule has 3 heterocycles. The average molecular weight is 491 g/mol. The van der Waals surface area contributed by atoms with Crippen molar-refractivity contribution in [2.75, 3.05) is 23.3 Å². The van der Waals surface area contributed by atoms with Crippen LogP contribution in [0.15, 0.2) is 65.7 Å². The molecule has 1 aliphatic heterocycles. The van der Waals surface area contributed by atoms with Gasteiger partial charge in [-0.15, -0.1) is 0 Å². The van der Waals surface area contributed by atoms with Gasteiger partial charge in [-0.1, -0.05) is 29.8 Å². The van der Waals surface area contributed by atoms with Crippen LogP contribution in [0.25, 0.3) is 0 Å². The van der Waals surface area contributed by atoms with Crippen molar-refractivity contribution < 1.29 is 18.0 Å². The SMILES string of the molecule is O=C(Nc1ccc(Cn2ccccc2=O)cc1)C1CCN(c2ncc(C(F)(F)F)cc2Cl)CC1. The smallest absolute Gasteiger partial charge is 0.355 e. The highest BCUT2D eigenvalue weighted by Crippen LogP contribution is 2.34. The van der Waals surface area contributed by atoms with Gasteiger partial charge in [-0.3, -0.25) is 9.59 Å². The Hall–Kier alpha value is -3.33. The first-order chi connectivity index (χ1) is 16.2. The van der Waals surface area contributed by atoms with Crippen LogP contribution in [0, 0.1) is 5.92 Å². The van der Waals surface area contributed by atoms with Crippen LogP contribution < -0.4 is 15.8 Å². The van der Waals surface area contributed by atoms with Gasteiger partial charge in [0.25, 0.3) is 5.56 Å². The number of alkyl halides is 3. The zero-order valence-corrected chi connectivity index (χ0v) is 18.8. The molecule has 3 aromatic rings. The molecule has 10 heteroatoms. The number of pyridine rings is 2. The maximum atomic E-state index is 12.8. The molecular weight excluding hydrogens is 469 g/mol. The fraction of sp³-hybridized carbons (Fsp3) is 0.292. The number of hydrogen-bond donors (Lipinski definition) is 1. The van der Waals surface area contributed by atoms with Gasteiger partial charge in [0.1, 0.15) is 5.82 Å². The van der Waals surface area contributed by atoms with Gasteiger partial charge in [-0.05, 0) is 42.7 Å². The molecule has 0 atom stereocenters. The van der Waals surface area contributed by atoms with Crippen LogP contribution in [-0.4, -0.2) is 28.5 Å². The summed E-state index contributed by atoms with van der Waals surface area (Å²) < 4.78 is 40.1. The van der Waals surface area contributed by atoms with Crippen molar-refractivity contribution in [1.29, 1.82) is 0 Å². The Morgan fingerprint density at radius 2 is 1.82 bits per heavy atom. The van der Waals surface area contributed by atoms with Crippen LogP contribution in [0.3, 0.4) is 0 Å². The lowest BCUT2D eigenvalue weighted by Gasteiger charge is -2.32. The van der Waals surface area contributed by atoms with Crippen molar-refractivity contribution in [3.8, 4) is 0 Å². The molecule has 178 valence electrons. The zero-order valence-electron chi connectivity index (χ0n) is 18.1. The van der Waals surface area contributed by atoms with E-state index >= 15 is 0 Å². The van der Waals surface area contributed by atoms with Gasteiger partial charge in [-0.25, -0.2) is 4.98 Å². The van der Waals surface area contributed by atoms with Crippen LogP contribution in [-0.2, 0) is 17.5 Å². The number of carbonyl (C=O) groups excluding carboxylic acids is 1. The predicted octanol–water partition coefficient (Wildman–Crippen LogP) is 4.82. The molecule has 4 rings (SSSR count). The number of aromatic nitrogens is 2. The Balaban J connectivity index is 1.32. The molecule has 0 bridgehead atoms. The van der Waals surface area contributed by atoms with Crippen LogP contribution in [0.5, 0.6) is 0 Å². The highest BCUT2D eigenvalue weighted by atomic mass is 35.5. The van der Waals surface area contributed by atoms with E-state index in [-0.39, 0.29) is 22.4 Å². The lowest BCUT2D eigenvalue weighted by atomic mass is 9.95. The van der Waals surface area contributed by atoms with E-state index in [9.17, 15) is 22.8 Å². The van der Waals surface area contributed by atoms with Crippen molar-refractivity contribution in [2.45, 2.75) is 25.6 Å². The lowest BCUT2D eigenvalue weighted by Crippen LogP contribution is -2.38. The van der Waals surface area contributed by atoms with Crippen molar-refractivity contribution in [2.24, 2.45) is 5.92 Å². The second kappa shape index (κ2) is 9.89. The number of anilines is 2. The molecule has 1 fully saturated rings. The van der Waals surface area contributed by atoms with Gasteiger partial charge in [0, 0.05) is 43.2 Å². The zero-order chi connectivity index (χ0) is 24.3. The molecule has 2 aromatic heterocycles. The number of nitrogens with one attached hydrogen (secondary N) is 1. The van der Waals surface area contributed by atoms with E-state index in [1.165, 1.54) is 6.07 Å². The predicted molar refractivity (Wildman–Crippen MR) is 124 cm³/mol. The number of amides is 1. The summed E-state index contributed by atoms with van der Waals surface area (Å²) in [6.07, 6.45) is -0.951. The van der Waals surface area contributed by atoms with Crippen molar-refractivity contribution in [3.63, 3.8) is 0 Å². The van der Waals surface area contributed by atoms with Crippen LogP contribution >= 0.6 is 11.6 Å². The first kappa shape index (κ1) is 23.8. The van der Waals surface area contributed by atoms with E-state index in [0.717, 1.165) is 17.8 Å². The molecule has 34 heavy (non-hydrogen) atoms. The van der Waals surface area contributed by atoms with E-state index < -0.39 is 11.7 Å². The average Bonchev–Trinajstić information content (AvgIpc) is 2.81. The van der Waals surface area contributed by atoms with E-state index in [2.05, 4.69) is 10.3 Å². The van der Waals surface area contributed by atoms with Crippen molar-refractivity contribution >= 4 is 29.0 Å². The second-order valence-electron chi connectivity index (χ2n) is 8.14. The number of piperidine rings is 1. The summed E-state index contributed by atoms with van der Waals surface area (Å²) in [5.74, 6) is -0.0492. The minimum absolute atomic E-state index is 0.0596. The molecule has 0 radical (unpaired) electrons. The Morgan fingerprint density at radius 3 is 2.44 bits per heavy atom. The largest absolute Gasteiger partial charge is 0.417 e. The van der Waals surface area contributed by atoms with E-state index in [4.69, 9.17) is 11.6 Å². The quantitative estimate of drug-likeness (QED) is 0.557. The number of rotatable bonds is 5. The van der Waals surface area contributed by atoms with Crippen LogP contribution in [0.2, 0.25) is 5.02 Å². The van der Waals surface area contributed by atoms with Gasteiger partial charge in [0.05, 0.1) is 17.1 Å². The first-order valence-electron chi connectivity index (χ1n) is 10.7. The van der Waals surface area contributed by atoms with Gasteiger partial charge in [0.15, 0.2) is 0 Å². The third kappa shape index (κ3) is 5.59. The Bertz CT molecular complexity index is 1220. The summed E-state index contributed by atoms with van der Waals surface area (Å²) in [7, 11) is 0. The number of benzene rings is 1. The van der Waals surface area contributed by atoms with Crippen LogP contribution in [0.1, 0.15) is 24.0 Å². The molecule has 0 saturated carbocycles. The van der Waals surface area contributed by atoms with Crippen molar-refractivity contribution in [1.82, 2.24) is 9.55 Å². The third-order valence-corrected chi connectivity index (χ3v) is 6.07. The Labute approximate surface area is 199 Å². The van der Waals surface area contributed by atoms with E-state index in [1.54, 1.807) is 39.9 Å². The maximum Gasteiger partial charge on any atom is 0.417 e. The summed E-state index contributed by atoms with van der Waals surface area (Å²) >= 11 is 6.05. The van der Waals surface area contributed by atoms with Crippen molar-refractivity contribution in [3.05, 3.63) is 87.4 Å². The Morgan fingerprint density at radius 1 is 1.12 bits per heavy atom. The van der Waals surface area contributed by atoms with Crippen LogP contribution in [0.4, 0.5) is 24.7 Å². The maximum absolute atomic E-state index is 12.8. The topological polar surface area (TPSA) is 67.2 Å². The van der Waals surface area contributed by atoms with Gasteiger partial charge >= 0.3 is 6.18 Å². The summed E-state index contributed by atoms with van der Waals surface area (Å²) in [4.78, 5) is 30.3. The van der Waals surface area contributed by atoms with Gasteiger partial charge in [-0.2, -0.15) is 13.2 Å². The highest BCUT2D eigenvalue weighted by molar-refractivity contribution is 6.33.